The number of nitrogens with one attached hydrogen (secondary N) is 1. The molecular formula is C17H24N2O4S. The number of rotatable bonds is 8. The van der Waals surface area contributed by atoms with E-state index in [0.717, 1.165) is 6.42 Å². The first kappa shape index (κ1) is 20.0. The first-order chi connectivity index (χ1) is 11.4. The Balaban J connectivity index is 2.73. The summed E-state index contributed by atoms with van der Waals surface area (Å²) < 4.78 is 5.23. The van der Waals surface area contributed by atoms with Crippen LogP contribution in [0.1, 0.15) is 30.6 Å². The van der Waals surface area contributed by atoms with E-state index in [0.29, 0.717) is 17.0 Å². The average molecular weight is 352 g/mol. The van der Waals surface area contributed by atoms with Gasteiger partial charge in [0.05, 0.1) is 11.3 Å². The molecule has 1 N–H and O–H groups in total. The Morgan fingerprint density at radius 1 is 1.25 bits per heavy atom. The van der Waals surface area contributed by atoms with Crippen LogP contribution in [-0.2, 0) is 14.3 Å². The minimum Gasteiger partial charge on any atom is -0.449 e. The summed E-state index contributed by atoms with van der Waals surface area (Å²) in [5.41, 5.74) is 0.351. The van der Waals surface area contributed by atoms with Crippen molar-refractivity contribution >= 4 is 29.5 Å². The molecule has 132 valence electrons. The van der Waals surface area contributed by atoms with Crippen molar-refractivity contribution < 1.29 is 19.1 Å². The minimum absolute atomic E-state index is 0.0459. The quantitative estimate of drug-likeness (QED) is 0.572. The van der Waals surface area contributed by atoms with Gasteiger partial charge in [0.1, 0.15) is 0 Å². The average Bonchev–Trinajstić information content (AvgIpc) is 2.57. The smallest absolute Gasteiger partial charge is 0.340 e. The largest absolute Gasteiger partial charge is 0.449 e. The van der Waals surface area contributed by atoms with Crippen LogP contribution >= 0.6 is 11.8 Å². The number of carbonyl (C=O) groups excluding carboxylic acids is 3. The van der Waals surface area contributed by atoms with E-state index >= 15 is 0 Å². The predicted octanol–water partition coefficient (Wildman–Crippen LogP) is 1.94. The normalized spacial score (nSPS) is 11.5. The number of esters is 1. The topological polar surface area (TPSA) is 75.7 Å². The van der Waals surface area contributed by atoms with Gasteiger partial charge in [-0.15, -0.1) is 11.8 Å². The molecule has 0 saturated heterocycles. The molecule has 6 nitrogen and oxygen atoms in total. The van der Waals surface area contributed by atoms with Crippen molar-refractivity contribution in [3.8, 4) is 0 Å². The Morgan fingerprint density at radius 2 is 1.92 bits per heavy atom. The molecule has 0 radical (unpaired) electrons. The van der Waals surface area contributed by atoms with Crippen molar-refractivity contribution in [2.24, 2.45) is 0 Å². The Morgan fingerprint density at radius 3 is 2.54 bits per heavy atom. The van der Waals surface area contributed by atoms with Crippen LogP contribution in [-0.4, -0.2) is 55.2 Å². The van der Waals surface area contributed by atoms with Crippen LogP contribution in [0.2, 0.25) is 0 Å². The lowest BCUT2D eigenvalue weighted by molar-refractivity contribution is -0.129. The van der Waals surface area contributed by atoms with Crippen LogP contribution in [0, 0.1) is 0 Å². The lowest BCUT2D eigenvalue weighted by Gasteiger charge is -2.15. The van der Waals surface area contributed by atoms with Gasteiger partial charge in [-0.1, -0.05) is 19.1 Å². The minimum atomic E-state index is -0.870. The van der Waals surface area contributed by atoms with E-state index in [1.54, 1.807) is 38.4 Å². The monoisotopic (exact) mass is 352 g/mol. The number of thioether (sulfide) groups is 1. The van der Waals surface area contributed by atoms with Crippen molar-refractivity contribution in [2.75, 3.05) is 26.4 Å². The molecule has 0 fully saturated rings. The summed E-state index contributed by atoms with van der Waals surface area (Å²) in [4.78, 5) is 38.0. The Hall–Kier alpha value is -2.02. The summed E-state index contributed by atoms with van der Waals surface area (Å²) in [6.07, 6.45) is -0.0586. The maximum atomic E-state index is 12.3. The van der Waals surface area contributed by atoms with Crippen LogP contribution in [0.15, 0.2) is 29.2 Å². The van der Waals surface area contributed by atoms with E-state index in [2.05, 4.69) is 5.32 Å². The predicted molar refractivity (Wildman–Crippen MR) is 94.0 cm³/mol. The SMILES string of the molecule is CCCNC(=O)[C@H](C)OC(=O)c1ccccc1SCC(=O)N(C)C. The molecule has 0 aliphatic rings. The van der Waals surface area contributed by atoms with Crippen molar-refractivity contribution in [3.63, 3.8) is 0 Å². The summed E-state index contributed by atoms with van der Waals surface area (Å²) in [5, 5.41) is 2.68. The summed E-state index contributed by atoms with van der Waals surface area (Å²) in [6.45, 7) is 4.02. The molecule has 24 heavy (non-hydrogen) atoms. The standard InChI is InChI=1S/C17H24N2O4S/c1-5-10-18-16(21)12(2)23-17(22)13-8-6-7-9-14(13)24-11-15(20)19(3)4/h6-9,12H,5,10-11H2,1-4H3,(H,18,21)/t12-/m0/s1. The molecule has 0 unspecified atom stereocenters. The number of benzene rings is 1. The molecule has 0 aliphatic heterocycles. The van der Waals surface area contributed by atoms with Crippen molar-refractivity contribution in [1.29, 1.82) is 0 Å². The van der Waals surface area contributed by atoms with Gasteiger partial charge in [-0.05, 0) is 25.5 Å². The van der Waals surface area contributed by atoms with Gasteiger partial charge in [0, 0.05) is 25.5 Å². The Kier molecular flexibility index (Phi) is 8.32. The number of ether oxygens (including phenoxy) is 1. The van der Waals surface area contributed by atoms with Gasteiger partial charge < -0.3 is 15.0 Å². The van der Waals surface area contributed by atoms with Gasteiger partial charge in [0.2, 0.25) is 5.91 Å². The van der Waals surface area contributed by atoms with Crippen LogP contribution in [0.5, 0.6) is 0 Å². The fourth-order valence-electron chi connectivity index (χ4n) is 1.70. The zero-order valence-electron chi connectivity index (χ0n) is 14.5. The fraction of sp³-hybridized carbons (Fsp3) is 0.471. The van der Waals surface area contributed by atoms with Crippen molar-refractivity contribution in [1.82, 2.24) is 10.2 Å². The molecule has 7 heteroatoms. The summed E-state index contributed by atoms with van der Waals surface area (Å²) in [5.74, 6) is -0.716. The Labute approximate surface area is 146 Å². The number of hydrogen-bond donors (Lipinski definition) is 1. The van der Waals surface area contributed by atoms with E-state index in [4.69, 9.17) is 4.74 Å². The second-order valence-corrected chi connectivity index (χ2v) is 6.43. The van der Waals surface area contributed by atoms with Gasteiger partial charge in [-0.25, -0.2) is 4.79 Å². The lowest BCUT2D eigenvalue weighted by atomic mass is 10.2. The molecule has 2 amide bonds. The Bertz CT molecular complexity index is 590. The van der Waals surface area contributed by atoms with Crippen LogP contribution < -0.4 is 5.32 Å². The third kappa shape index (κ3) is 6.23. The lowest BCUT2D eigenvalue weighted by Crippen LogP contribution is -2.36. The molecule has 1 atom stereocenters. The third-order valence-corrected chi connectivity index (χ3v) is 4.22. The molecule has 0 spiro atoms. The molecule has 0 aromatic heterocycles. The molecule has 0 heterocycles. The molecule has 0 bridgehead atoms. The first-order valence-electron chi connectivity index (χ1n) is 7.77. The van der Waals surface area contributed by atoms with E-state index in [-0.39, 0.29) is 17.6 Å². The molecule has 1 rings (SSSR count). The number of carbonyl (C=O) groups is 3. The number of nitrogens with zero attached hydrogens (tertiary/aromatic N) is 1. The maximum absolute atomic E-state index is 12.3. The first-order valence-corrected chi connectivity index (χ1v) is 8.76. The molecule has 1 aromatic rings. The van der Waals surface area contributed by atoms with Gasteiger partial charge in [-0.2, -0.15) is 0 Å². The zero-order chi connectivity index (χ0) is 18.1. The highest BCUT2D eigenvalue weighted by Gasteiger charge is 2.20. The molecule has 0 saturated carbocycles. The molecule has 0 aliphatic carbocycles. The second kappa shape index (κ2) is 9.97. The maximum Gasteiger partial charge on any atom is 0.340 e. The van der Waals surface area contributed by atoms with Crippen LogP contribution in [0.4, 0.5) is 0 Å². The third-order valence-electron chi connectivity index (χ3n) is 3.16. The summed E-state index contributed by atoms with van der Waals surface area (Å²) in [6, 6.07) is 6.89. The van der Waals surface area contributed by atoms with Gasteiger partial charge in [0.25, 0.3) is 5.91 Å². The highest BCUT2D eigenvalue weighted by molar-refractivity contribution is 8.00. The van der Waals surface area contributed by atoms with Gasteiger partial charge in [-0.3, -0.25) is 9.59 Å². The van der Waals surface area contributed by atoms with Crippen molar-refractivity contribution in [3.05, 3.63) is 29.8 Å². The summed E-state index contributed by atoms with van der Waals surface area (Å²) in [7, 11) is 3.36. The van der Waals surface area contributed by atoms with Gasteiger partial charge in [0.15, 0.2) is 6.10 Å². The molecule has 1 aromatic carbocycles. The highest BCUT2D eigenvalue weighted by atomic mass is 32.2. The van der Waals surface area contributed by atoms with Crippen molar-refractivity contribution in [2.45, 2.75) is 31.3 Å². The molecular weight excluding hydrogens is 328 g/mol. The van der Waals surface area contributed by atoms with E-state index in [9.17, 15) is 14.4 Å². The van der Waals surface area contributed by atoms with E-state index in [1.807, 2.05) is 6.92 Å². The van der Waals surface area contributed by atoms with Crippen LogP contribution in [0.25, 0.3) is 0 Å². The van der Waals surface area contributed by atoms with E-state index < -0.39 is 12.1 Å². The van der Waals surface area contributed by atoms with E-state index in [1.165, 1.54) is 23.6 Å². The highest BCUT2D eigenvalue weighted by Crippen LogP contribution is 2.24. The fourth-order valence-corrected chi connectivity index (χ4v) is 2.72. The van der Waals surface area contributed by atoms with Crippen LogP contribution in [0.3, 0.4) is 0 Å². The summed E-state index contributed by atoms with van der Waals surface area (Å²) >= 11 is 1.27. The second-order valence-electron chi connectivity index (χ2n) is 5.41. The zero-order valence-corrected chi connectivity index (χ0v) is 15.3. The number of amides is 2. The number of hydrogen-bond acceptors (Lipinski definition) is 5. The van der Waals surface area contributed by atoms with Gasteiger partial charge >= 0.3 is 5.97 Å².